The molecule has 0 aromatic heterocycles. The van der Waals surface area contributed by atoms with Crippen molar-refractivity contribution in [2.75, 3.05) is 33.9 Å². The van der Waals surface area contributed by atoms with E-state index in [9.17, 15) is 4.79 Å². The highest BCUT2D eigenvalue weighted by molar-refractivity contribution is 5.96. The fourth-order valence-electron chi connectivity index (χ4n) is 2.67. The Morgan fingerprint density at radius 3 is 2.59 bits per heavy atom. The third-order valence-electron chi connectivity index (χ3n) is 3.98. The summed E-state index contributed by atoms with van der Waals surface area (Å²) in [4.78, 5) is 12.3. The summed E-state index contributed by atoms with van der Waals surface area (Å²) in [6.07, 6.45) is 2.22. The topological polar surface area (TPSA) is 59.6 Å². The van der Waals surface area contributed by atoms with Gasteiger partial charge in [0.25, 0.3) is 5.91 Å². The lowest BCUT2D eigenvalue weighted by Gasteiger charge is -2.13. The standard InChI is InChI=1S/C16H24N2O3.ClH/c1-11-8-14(20-2)15(21-3)9-13(11)16(19)18-7-5-12-4-6-17-10-12;/h8-9,12,17H,4-7,10H2,1-3H3,(H,18,19);1H. The van der Waals surface area contributed by atoms with Crippen LogP contribution in [-0.2, 0) is 0 Å². The Kier molecular flexibility index (Phi) is 7.48. The molecule has 1 aliphatic rings. The Morgan fingerprint density at radius 2 is 2.00 bits per heavy atom. The van der Waals surface area contributed by atoms with Crippen LogP contribution in [0.25, 0.3) is 0 Å². The van der Waals surface area contributed by atoms with Gasteiger partial charge >= 0.3 is 0 Å². The van der Waals surface area contributed by atoms with E-state index < -0.39 is 0 Å². The van der Waals surface area contributed by atoms with Gasteiger partial charge in [-0.3, -0.25) is 4.79 Å². The Hall–Kier alpha value is -1.46. The Balaban J connectivity index is 0.00000242. The van der Waals surface area contributed by atoms with Crippen molar-refractivity contribution < 1.29 is 14.3 Å². The zero-order valence-electron chi connectivity index (χ0n) is 13.4. The van der Waals surface area contributed by atoms with E-state index in [0.717, 1.165) is 25.1 Å². The van der Waals surface area contributed by atoms with Crippen molar-refractivity contribution in [2.45, 2.75) is 19.8 Å². The molecule has 22 heavy (non-hydrogen) atoms. The molecular formula is C16H25ClN2O3. The van der Waals surface area contributed by atoms with E-state index in [1.54, 1.807) is 20.3 Å². The molecular weight excluding hydrogens is 304 g/mol. The smallest absolute Gasteiger partial charge is 0.251 e. The summed E-state index contributed by atoms with van der Waals surface area (Å²) < 4.78 is 10.5. The zero-order chi connectivity index (χ0) is 15.2. The van der Waals surface area contributed by atoms with Crippen LogP contribution in [0.4, 0.5) is 0 Å². The van der Waals surface area contributed by atoms with E-state index in [4.69, 9.17) is 9.47 Å². The second kappa shape index (κ2) is 8.86. The molecule has 2 rings (SSSR count). The van der Waals surface area contributed by atoms with Crippen LogP contribution in [0.5, 0.6) is 11.5 Å². The van der Waals surface area contributed by atoms with E-state index in [1.807, 2.05) is 13.0 Å². The van der Waals surface area contributed by atoms with Gasteiger partial charge in [-0.1, -0.05) is 0 Å². The molecule has 1 fully saturated rings. The van der Waals surface area contributed by atoms with E-state index in [1.165, 1.54) is 6.42 Å². The van der Waals surface area contributed by atoms with Crippen LogP contribution in [0.3, 0.4) is 0 Å². The lowest BCUT2D eigenvalue weighted by atomic mass is 10.0. The summed E-state index contributed by atoms with van der Waals surface area (Å²) in [7, 11) is 3.16. The summed E-state index contributed by atoms with van der Waals surface area (Å²) >= 11 is 0. The van der Waals surface area contributed by atoms with Crippen molar-refractivity contribution in [1.29, 1.82) is 0 Å². The van der Waals surface area contributed by atoms with Crippen molar-refractivity contribution in [2.24, 2.45) is 5.92 Å². The van der Waals surface area contributed by atoms with Crippen LogP contribution in [0, 0.1) is 12.8 Å². The number of rotatable bonds is 6. The molecule has 1 amide bonds. The number of halogens is 1. The molecule has 2 N–H and O–H groups in total. The molecule has 124 valence electrons. The highest BCUT2D eigenvalue weighted by atomic mass is 35.5. The molecule has 0 aliphatic carbocycles. The minimum absolute atomic E-state index is 0. The first-order valence-electron chi connectivity index (χ1n) is 7.37. The molecule has 5 nitrogen and oxygen atoms in total. The number of carbonyl (C=O) groups is 1. The summed E-state index contributed by atoms with van der Waals surface area (Å²) in [5, 5.41) is 6.33. The van der Waals surface area contributed by atoms with Gasteiger partial charge in [0, 0.05) is 12.1 Å². The fraction of sp³-hybridized carbons (Fsp3) is 0.562. The number of benzene rings is 1. The molecule has 1 atom stereocenters. The van der Waals surface area contributed by atoms with E-state index in [-0.39, 0.29) is 18.3 Å². The summed E-state index contributed by atoms with van der Waals surface area (Å²) in [6, 6.07) is 3.56. The van der Waals surface area contributed by atoms with Gasteiger partial charge in [-0.2, -0.15) is 0 Å². The maximum atomic E-state index is 12.3. The van der Waals surface area contributed by atoms with Crippen LogP contribution in [0.1, 0.15) is 28.8 Å². The van der Waals surface area contributed by atoms with Crippen molar-refractivity contribution >= 4 is 18.3 Å². The van der Waals surface area contributed by atoms with Gasteiger partial charge < -0.3 is 20.1 Å². The maximum absolute atomic E-state index is 12.3. The average molecular weight is 329 g/mol. The van der Waals surface area contributed by atoms with Crippen LogP contribution in [-0.4, -0.2) is 39.8 Å². The van der Waals surface area contributed by atoms with Crippen molar-refractivity contribution in [3.05, 3.63) is 23.3 Å². The van der Waals surface area contributed by atoms with Crippen LogP contribution >= 0.6 is 12.4 Å². The lowest BCUT2D eigenvalue weighted by Crippen LogP contribution is -2.27. The zero-order valence-corrected chi connectivity index (χ0v) is 14.2. The van der Waals surface area contributed by atoms with Gasteiger partial charge in [0.1, 0.15) is 0 Å². The predicted molar refractivity (Wildman–Crippen MR) is 89.5 cm³/mol. The van der Waals surface area contributed by atoms with Crippen LogP contribution in [0.15, 0.2) is 12.1 Å². The highest BCUT2D eigenvalue weighted by Crippen LogP contribution is 2.30. The molecule has 1 aliphatic heterocycles. The van der Waals surface area contributed by atoms with Gasteiger partial charge in [-0.25, -0.2) is 0 Å². The van der Waals surface area contributed by atoms with Crippen LogP contribution in [0.2, 0.25) is 0 Å². The molecule has 1 aromatic rings. The number of amides is 1. The first-order valence-corrected chi connectivity index (χ1v) is 7.37. The molecule has 1 aromatic carbocycles. The molecule has 0 radical (unpaired) electrons. The lowest BCUT2D eigenvalue weighted by molar-refractivity contribution is 0.0950. The van der Waals surface area contributed by atoms with Crippen LogP contribution < -0.4 is 20.1 Å². The SMILES string of the molecule is COc1cc(C)c(C(=O)NCCC2CCNC2)cc1OC.Cl. The first-order chi connectivity index (χ1) is 10.2. The number of hydrogen-bond acceptors (Lipinski definition) is 4. The number of nitrogens with one attached hydrogen (secondary N) is 2. The number of carbonyl (C=O) groups excluding carboxylic acids is 1. The summed E-state index contributed by atoms with van der Waals surface area (Å²) in [5.41, 5.74) is 1.52. The average Bonchev–Trinajstić information content (AvgIpc) is 3.00. The molecule has 1 saturated heterocycles. The third-order valence-corrected chi connectivity index (χ3v) is 3.98. The van der Waals surface area contributed by atoms with Crippen molar-refractivity contribution in [3.8, 4) is 11.5 Å². The Morgan fingerprint density at radius 1 is 1.32 bits per heavy atom. The van der Waals surface area contributed by atoms with Crippen molar-refractivity contribution in [3.63, 3.8) is 0 Å². The highest BCUT2D eigenvalue weighted by Gasteiger charge is 2.16. The number of hydrogen-bond donors (Lipinski definition) is 2. The second-order valence-electron chi connectivity index (χ2n) is 5.43. The molecule has 6 heteroatoms. The summed E-state index contributed by atoms with van der Waals surface area (Å²) in [5.74, 6) is 1.84. The van der Waals surface area contributed by atoms with E-state index in [2.05, 4.69) is 10.6 Å². The number of ether oxygens (including phenoxy) is 2. The number of aryl methyl sites for hydroxylation is 1. The van der Waals surface area contributed by atoms with Gasteiger partial charge in [-0.05, 0) is 56.5 Å². The maximum Gasteiger partial charge on any atom is 0.251 e. The largest absolute Gasteiger partial charge is 0.493 e. The number of methoxy groups -OCH3 is 2. The second-order valence-corrected chi connectivity index (χ2v) is 5.43. The molecule has 0 spiro atoms. The monoisotopic (exact) mass is 328 g/mol. The minimum atomic E-state index is -0.0561. The van der Waals surface area contributed by atoms with Gasteiger partial charge in [-0.15, -0.1) is 12.4 Å². The Bertz CT molecular complexity index is 502. The first kappa shape index (κ1) is 18.6. The fourth-order valence-corrected chi connectivity index (χ4v) is 2.67. The molecule has 1 unspecified atom stereocenters. The van der Waals surface area contributed by atoms with Crippen molar-refractivity contribution in [1.82, 2.24) is 10.6 Å². The van der Waals surface area contributed by atoms with Gasteiger partial charge in [0.15, 0.2) is 11.5 Å². The van der Waals surface area contributed by atoms with E-state index >= 15 is 0 Å². The third kappa shape index (κ3) is 4.52. The molecule has 0 bridgehead atoms. The normalized spacial score (nSPS) is 16.8. The predicted octanol–water partition coefficient (Wildman–Crippen LogP) is 2.16. The van der Waals surface area contributed by atoms with E-state index in [0.29, 0.717) is 29.5 Å². The quantitative estimate of drug-likeness (QED) is 0.840. The summed E-state index contributed by atoms with van der Waals surface area (Å²) in [6.45, 7) is 4.76. The van der Waals surface area contributed by atoms with Gasteiger partial charge in [0.05, 0.1) is 14.2 Å². The van der Waals surface area contributed by atoms with Gasteiger partial charge in [0.2, 0.25) is 0 Å². The molecule has 0 saturated carbocycles. The minimum Gasteiger partial charge on any atom is -0.493 e. The molecule has 1 heterocycles. The Labute approximate surface area is 138 Å².